The van der Waals surface area contributed by atoms with Gasteiger partial charge in [0, 0.05) is 38.1 Å². The van der Waals surface area contributed by atoms with E-state index in [1.165, 1.54) is 16.9 Å². The van der Waals surface area contributed by atoms with Crippen LogP contribution in [0.5, 0.6) is 5.75 Å². The number of carbonyl (C=O) groups excluding carboxylic acids is 1. The second-order valence-electron chi connectivity index (χ2n) is 8.65. The third-order valence-electron chi connectivity index (χ3n) is 5.90. The van der Waals surface area contributed by atoms with Crippen molar-refractivity contribution in [2.75, 3.05) is 39.8 Å². The maximum absolute atomic E-state index is 12.9. The van der Waals surface area contributed by atoms with Crippen molar-refractivity contribution in [1.29, 1.82) is 0 Å². The van der Waals surface area contributed by atoms with E-state index in [1.54, 1.807) is 0 Å². The molecular weight excluding hydrogens is 432 g/mol. The van der Waals surface area contributed by atoms with E-state index in [9.17, 15) is 4.79 Å². The third-order valence-corrected chi connectivity index (χ3v) is 6.77. The maximum atomic E-state index is 12.9. The number of piperazine rings is 1. The molecule has 0 spiro atoms. The van der Waals surface area contributed by atoms with Crippen molar-refractivity contribution >= 4 is 17.2 Å². The monoisotopic (exact) mass is 464 g/mol. The summed E-state index contributed by atoms with van der Waals surface area (Å²) >= 11 is 1.53. The molecule has 3 aromatic rings. The molecule has 1 fully saturated rings. The van der Waals surface area contributed by atoms with Crippen LogP contribution in [-0.2, 0) is 17.8 Å². The van der Waals surface area contributed by atoms with Gasteiger partial charge in [-0.15, -0.1) is 11.3 Å². The number of nitrogens with one attached hydrogen (secondary N) is 1. The minimum absolute atomic E-state index is 0.00529. The number of aromatic nitrogens is 1. The van der Waals surface area contributed by atoms with Crippen LogP contribution in [0.4, 0.5) is 0 Å². The zero-order valence-electron chi connectivity index (χ0n) is 19.4. The lowest BCUT2D eigenvalue weighted by atomic mass is 10.1. The summed E-state index contributed by atoms with van der Waals surface area (Å²) in [7, 11) is 2.15. The van der Waals surface area contributed by atoms with Crippen molar-refractivity contribution < 1.29 is 9.53 Å². The molecular formula is C26H32N4O2S. The highest BCUT2D eigenvalue weighted by Crippen LogP contribution is 2.18. The molecule has 2 aromatic carbocycles. The van der Waals surface area contributed by atoms with E-state index in [0.717, 1.165) is 54.7 Å². The van der Waals surface area contributed by atoms with Gasteiger partial charge in [0.2, 0.25) is 5.91 Å². The second kappa shape index (κ2) is 11.4. The number of aryl methyl sites for hydroxylation is 1. The van der Waals surface area contributed by atoms with Gasteiger partial charge in [-0.2, -0.15) is 0 Å². The van der Waals surface area contributed by atoms with Crippen LogP contribution in [0.2, 0.25) is 0 Å². The summed E-state index contributed by atoms with van der Waals surface area (Å²) in [6, 6.07) is 18.2. The first-order valence-corrected chi connectivity index (χ1v) is 12.3. The van der Waals surface area contributed by atoms with Gasteiger partial charge in [0.15, 0.2) is 0 Å². The van der Waals surface area contributed by atoms with Crippen LogP contribution in [0.1, 0.15) is 27.9 Å². The zero-order chi connectivity index (χ0) is 23.0. The number of hydrogen-bond donors (Lipinski definition) is 1. The fraction of sp³-hybridized carbons (Fsp3) is 0.385. The van der Waals surface area contributed by atoms with Crippen LogP contribution < -0.4 is 10.1 Å². The number of hydrogen-bond acceptors (Lipinski definition) is 6. The number of ether oxygens (including phenoxy) is 1. The highest BCUT2D eigenvalue weighted by atomic mass is 32.1. The quantitative estimate of drug-likeness (QED) is 0.524. The predicted molar refractivity (Wildman–Crippen MR) is 133 cm³/mol. The average molecular weight is 465 g/mol. The van der Waals surface area contributed by atoms with Crippen molar-refractivity contribution in [3.05, 3.63) is 81.8 Å². The molecule has 2 heterocycles. The predicted octanol–water partition coefficient (Wildman–Crippen LogP) is 3.68. The van der Waals surface area contributed by atoms with E-state index in [1.807, 2.05) is 47.8 Å². The fourth-order valence-electron chi connectivity index (χ4n) is 3.89. The van der Waals surface area contributed by atoms with E-state index in [2.05, 4.69) is 46.2 Å². The summed E-state index contributed by atoms with van der Waals surface area (Å²) in [6.45, 7) is 7.43. The van der Waals surface area contributed by atoms with Crippen molar-refractivity contribution in [1.82, 2.24) is 20.1 Å². The second-order valence-corrected chi connectivity index (χ2v) is 9.59. The first kappa shape index (κ1) is 23.4. The van der Waals surface area contributed by atoms with Crippen LogP contribution in [0.15, 0.2) is 60.0 Å². The first-order valence-electron chi connectivity index (χ1n) is 11.4. The highest BCUT2D eigenvalue weighted by Gasteiger charge is 2.21. The molecule has 1 saturated heterocycles. The number of carbonyl (C=O) groups is 1. The third kappa shape index (κ3) is 7.12. The van der Waals surface area contributed by atoms with Gasteiger partial charge < -0.3 is 15.0 Å². The molecule has 1 aromatic heterocycles. The van der Waals surface area contributed by atoms with Gasteiger partial charge in [0.05, 0.1) is 18.2 Å². The van der Waals surface area contributed by atoms with Crippen LogP contribution in [0, 0.1) is 6.92 Å². The van der Waals surface area contributed by atoms with Gasteiger partial charge in [0.1, 0.15) is 17.4 Å². The number of nitrogens with zero attached hydrogens (tertiary/aromatic N) is 3. The van der Waals surface area contributed by atoms with E-state index in [4.69, 9.17) is 4.74 Å². The largest absolute Gasteiger partial charge is 0.486 e. The maximum Gasteiger partial charge on any atom is 0.226 e. The van der Waals surface area contributed by atoms with E-state index in [-0.39, 0.29) is 18.4 Å². The lowest BCUT2D eigenvalue weighted by Gasteiger charge is -2.35. The Morgan fingerprint density at radius 3 is 2.55 bits per heavy atom. The highest BCUT2D eigenvalue weighted by molar-refractivity contribution is 7.09. The molecule has 4 rings (SSSR count). The molecule has 0 bridgehead atoms. The number of thiazole rings is 1. The SMILES string of the molecule is Cc1ccc(OCc2nc(CC(=O)NC(CN3CCN(C)CC3)c3ccccc3)cs2)cc1. The number of rotatable bonds is 9. The standard InChI is InChI=1S/C26H32N4O2S/c1-20-8-10-23(11-9-20)32-18-26-27-22(19-33-26)16-25(31)28-24(21-6-4-3-5-7-21)17-30-14-12-29(2)13-15-30/h3-11,19,24H,12-18H2,1-2H3,(H,28,31). The van der Waals surface area contributed by atoms with Gasteiger partial charge >= 0.3 is 0 Å². The zero-order valence-corrected chi connectivity index (χ0v) is 20.2. The molecule has 33 heavy (non-hydrogen) atoms. The number of likely N-dealkylation sites (N-methyl/N-ethyl adjacent to an activating group) is 1. The fourth-order valence-corrected chi connectivity index (χ4v) is 4.60. The van der Waals surface area contributed by atoms with Crippen molar-refractivity contribution in [2.24, 2.45) is 0 Å². The lowest BCUT2D eigenvalue weighted by Crippen LogP contribution is -2.48. The van der Waals surface area contributed by atoms with Crippen molar-refractivity contribution in [3.8, 4) is 5.75 Å². The first-order chi connectivity index (χ1) is 16.0. The van der Waals surface area contributed by atoms with Crippen LogP contribution in [0.25, 0.3) is 0 Å². The minimum atomic E-state index is -0.0370. The van der Waals surface area contributed by atoms with Crippen molar-refractivity contribution in [3.63, 3.8) is 0 Å². The summed E-state index contributed by atoms with van der Waals surface area (Å²) in [5, 5.41) is 6.07. The Bertz CT molecular complexity index is 1010. The molecule has 1 unspecified atom stereocenters. The number of benzene rings is 2. The van der Waals surface area contributed by atoms with Crippen LogP contribution in [-0.4, -0.2) is 60.5 Å². The molecule has 0 aliphatic carbocycles. The Hall–Kier alpha value is -2.74. The summed E-state index contributed by atoms with van der Waals surface area (Å²) in [4.78, 5) is 22.3. The smallest absolute Gasteiger partial charge is 0.226 e. The Kier molecular flexibility index (Phi) is 8.10. The van der Waals surface area contributed by atoms with E-state index in [0.29, 0.717) is 6.61 Å². The summed E-state index contributed by atoms with van der Waals surface area (Å²) < 4.78 is 5.82. The van der Waals surface area contributed by atoms with Gasteiger partial charge in [-0.1, -0.05) is 48.0 Å². The lowest BCUT2D eigenvalue weighted by molar-refractivity contribution is -0.121. The van der Waals surface area contributed by atoms with Crippen LogP contribution >= 0.6 is 11.3 Å². The summed E-state index contributed by atoms with van der Waals surface area (Å²) in [6.07, 6.45) is 0.271. The normalized spacial score (nSPS) is 15.8. The van der Waals surface area contributed by atoms with Gasteiger partial charge in [-0.05, 0) is 31.7 Å². The molecule has 174 valence electrons. The molecule has 0 saturated carbocycles. The topological polar surface area (TPSA) is 57.7 Å². The summed E-state index contributed by atoms with van der Waals surface area (Å²) in [5.74, 6) is 0.819. The molecule has 7 heteroatoms. The molecule has 6 nitrogen and oxygen atoms in total. The average Bonchev–Trinajstić information content (AvgIpc) is 3.27. The van der Waals surface area contributed by atoms with E-state index < -0.39 is 0 Å². The Balaban J connectivity index is 1.32. The Morgan fingerprint density at radius 1 is 1.09 bits per heavy atom. The Labute approximate surface area is 200 Å². The van der Waals surface area contributed by atoms with Gasteiger partial charge in [-0.3, -0.25) is 9.69 Å². The number of amides is 1. The molecule has 1 aliphatic heterocycles. The van der Waals surface area contributed by atoms with Gasteiger partial charge in [0.25, 0.3) is 0 Å². The van der Waals surface area contributed by atoms with Crippen molar-refractivity contribution in [2.45, 2.75) is 26.0 Å². The molecule has 1 aliphatic rings. The van der Waals surface area contributed by atoms with Gasteiger partial charge in [-0.25, -0.2) is 4.98 Å². The molecule has 1 N–H and O–H groups in total. The molecule has 1 amide bonds. The van der Waals surface area contributed by atoms with Crippen LogP contribution in [0.3, 0.4) is 0 Å². The summed E-state index contributed by atoms with van der Waals surface area (Å²) in [5.41, 5.74) is 3.12. The minimum Gasteiger partial charge on any atom is -0.486 e. The van der Waals surface area contributed by atoms with E-state index >= 15 is 0 Å². The molecule has 1 atom stereocenters. The Morgan fingerprint density at radius 2 is 1.82 bits per heavy atom. The molecule has 0 radical (unpaired) electrons.